The van der Waals surface area contributed by atoms with E-state index in [2.05, 4.69) is 5.32 Å². The number of nitro benzene ring substituents is 1. The van der Waals surface area contributed by atoms with Gasteiger partial charge in [0.2, 0.25) is 0 Å². The Morgan fingerprint density at radius 1 is 1.08 bits per heavy atom. The van der Waals surface area contributed by atoms with Gasteiger partial charge in [0, 0.05) is 6.07 Å². The van der Waals surface area contributed by atoms with E-state index >= 15 is 0 Å². The van der Waals surface area contributed by atoms with Crippen LogP contribution in [0, 0.1) is 10.1 Å². The lowest BCUT2D eigenvalue weighted by atomic mass is 10.1. The molecule has 130 valence electrons. The summed E-state index contributed by atoms with van der Waals surface area (Å²) in [5, 5.41) is 13.7. The minimum atomic E-state index is -0.790. The molecule has 2 aromatic rings. The van der Waals surface area contributed by atoms with Crippen molar-refractivity contribution < 1.29 is 24.0 Å². The van der Waals surface area contributed by atoms with Gasteiger partial charge in [-0.1, -0.05) is 12.1 Å². The number of amides is 2. The van der Waals surface area contributed by atoms with Gasteiger partial charge in [-0.25, -0.2) is 0 Å². The molecule has 0 atom stereocenters. The Bertz CT molecular complexity index is 850. The Morgan fingerprint density at radius 3 is 2.24 bits per heavy atom. The molecule has 9 nitrogen and oxygen atoms in total. The number of benzene rings is 2. The molecule has 0 aliphatic rings. The number of nitrogens with zero attached hydrogens (tertiary/aromatic N) is 1. The zero-order chi connectivity index (χ0) is 18.6. The van der Waals surface area contributed by atoms with Gasteiger partial charge < -0.3 is 20.5 Å². The Labute approximate surface area is 142 Å². The third-order valence-electron chi connectivity index (χ3n) is 3.38. The van der Waals surface area contributed by atoms with Crippen molar-refractivity contribution in [2.75, 3.05) is 19.5 Å². The second kappa shape index (κ2) is 7.30. The second-order valence-electron chi connectivity index (χ2n) is 4.85. The third-order valence-corrected chi connectivity index (χ3v) is 3.38. The highest BCUT2D eigenvalue weighted by molar-refractivity contribution is 6.10. The van der Waals surface area contributed by atoms with Gasteiger partial charge in [0.05, 0.1) is 36.5 Å². The van der Waals surface area contributed by atoms with E-state index in [-0.39, 0.29) is 28.3 Å². The molecule has 0 aromatic heterocycles. The molecular weight excluding hydrogens is 330 g/mol. The van der Waals surface area contributed by atoms with E-state index in [4.69, 9.17) is 15.2 Å². The molecule has 0 aliphatic carbocycles. The van der Waals surface area contributed by atoms with Crippen molar-refractivity contribution in [3.63, 3.8) is 0 Å². The van der Waals surface area contributed by atoms with Crippen LogP contribution in [0.5, 0.6) is 11.5 Å². The maximum Gasteiger partial charge on any atom is 0.286 e. The Morgan fingerprint density at radius 2 is 1.68 bits per heavy atom. The zero-order valence-electron chi connectivity index (χ0n) is 13.4. The van der Waals surface area contributed by atoms with Crippen LogP contribution in [0.3, 0.4) is 0 Å². The summed E-state index contributed by atoms with van der Waals surface area (Å²) in [4.78, 5) is 34.5. The molecule has 0 spiro atoms. The average molecular weight is 345 g/mol. The highest BCUT2D eigenvalue weighted by atomic mass is 16.6. The summed E-state index contributed by atoms with van der Waals surface area (Å²) in [5.74, 6) is -1.26. The molecular formula is C16H15N3O6. The number of rotatable bonds is 6. The number of primary amides is 1. The van der Waals surface area contributed by atoms with Crippen LogP contribution in [0.1, 0.15) is 20.7 Å². The summed E-state index contributed by atoms with van der Waals surface area (Å²) < 4.78 is 10.1. The molecule has 0 saturated heterocycles. The predicted molar refractivity (Wildman–Crippen MR) is 89.1 cm³/mol. The molecule has 0 saturated carbocycles. The van der Waals surface area contributed by atoms with Crippen molar-refractivity contribution in [2.24, 2.45) is 5.73 Å². The molecule has 25 heavy (non-hydrogen) atoms. The van der Waals surface area contributed by atoms with Crippen LogP contribution in [0.25, 0.3) is 0 Å². The normalized spacial score (nSPS) is 10.0. The number of nitrogens with one attached hydrogen (secondary N) is 1. The topological polar surface area (TPSA) is 134 Å². The van der Waals surface area contributed by atoms with Gasteiger partial charge in [-0.3, -0.25) is 19.7 Å². The van der Waals surface area contributed by atoms with Crippen molar-refractivity contribution in [3.8, 4) is 11.5 Å². The first kappa shape index (κ1) is 17.7. The van der Waals surface area contributed by atoms with E-state index in [0.717, 1.165) is 6.07 Å². The standard InChI is InChI=1S/C16H15N3O6/c1-24-13-7-10(12(19(22)23)8-14(13)25-2)16(21)18-11-6-4-3-5-9(11)15(17)20/h3-8H,1-2H3,(H2,17,20)(H,18,21). The Balaban J connectivity index is 2.49. The number of nitro groups is 1. The lowest BCUT2D eigenvalue weighted by Gasteiger charge is -2.12. The number of hydrogen-bond donors (Lipinski definition) is 2. The van der Waals surface area contributed by atoms with Crippen LogP contribution < -0.4 is 20.5 Å². The summed E-state index contributed by atoms with van der Waals surface area (Å²) >= 11 is 0. The van der Waals surface area contributed by atoms with Gasteiger partial charge in [0.1, 0.15) is 5.56 Å². The molecule has 0 fully saturated rings. The SMILES string of the molecule is COc1cc(C(=O)Nc2ccccc2C(N)=O)c([N+](=O)[O-])cc1OC. The summed E-state index contributed by atoms with van der Waals surface area (Å²) in [7, 11) is 2.66. The van der Waals surface area contributed by atoms with Crippen LogP contribution in [0.15, 0.2) is 36.4 Å². The van der Waals surface area contributed by atoms with Crippen molar-refractivity contribution >= 4 is 23.2 Å². The molecule has 2 aromatic carbocycles. The van der Waals surface area contributed by atoms with Crippen molar-refractivity contribution in [1.82, 2.24) is 0 Å². The van der Waals surface area contributed by atoms with Crippen LogP contribution in [0.4, 0.5) is 11.4 Å². The molecule has 0 unspecified atom stereocenters. The van der Waals surface area contributed by atoms with Crippen LogP contribution in [-0.2, 0) is 0 Å². The summed E-state index contributed by atoms with van der Waals surface area (Å²) in [5.41, 5.74) is 4.77. The van der Waals surface area contributed by atoms with E-state index in [0.29, 0.717) is 0 Å². The average Bonchev–Trinajstić information content (AvgIpc) is 2.60. The minimum Gasteiger partial charge on any atom is -0.493 e. The maximum atomic E-state index is 12.5. The van der Waals surface area contributed by atoms with E-state index in [1.165, 1.54) is 32.4 Å². The van der Waals surface area contributed by atoms with E-state index in [9.17, 15) is 19.7 Å². The van der Waals surface area contributed by atoms with Gasteiger partial charge in [0.15, 0.2) is 11.5 Å². The van der Waals surface area contributed by atoms with E-state index in [1.807, 2.05) is 0 Å². The zero-order valence-corrected chi connectivity index (χ0v) is 13.4. The predicted octanol–water partition coefficient (Wildman–Crippen LogP) is 1.96. The summed E-state index contributed by atoms with van der Waals surface area (Å²) in [6.45, 7) is 0. The van der Waals surface area contributed by atoms with E-state index < -0.39 is 22.4 Å². The number of para-hydroxylation sites is 1. The second-order valence-corrected chi connectivity index (χ2v) is 4.85. The first-order chi connectivity index (χ1) is 11.9. The quantitative estimate of drug-likeness (QED) is 0.607. The molecule has 0 radical (unpaired) electrons. The largest absolute Gasteiger partial charge is 0.493 e. The third kappa shape index (κ3) is 3.66. The van der Waals surface area contributed by atoms with Crippen molar-refractivity contribution in [1.29, 1.82) is 0 Å². The van der Waals surface area contributed by atoms with Crippen molar-refractivity contribution in [2.45, 2.75) is 0 Å². The molecule has 2 rings (SSSR count). The highest BCUT2D eigenvalue weighted by Crippen LogP contribution is 2.35. The molecule has 9 heteroatoms. The first-order valence-electron chi connectivity index (χ1n) is 6.99. The summed E-state index contributed by atoms with van der Waals surface area (Å²) in [6.07, 6.45) is 0. The molecule has 0 heterocycles. The minimum absolute atomic E-state index is 0.0824. The molecule has 2 amide bonds. The monoisotopic (exact) mass is 345 g/mol. The summed E-state index contributed by atoms with van der Waals surface area (Å²) in [6, 6.07) is 8.35. The van der Waals surface area contributed by atoms with Crippen molar-refractivity contribution in [3.05, 3.63) is 57.6 Å². The fraction of sp³-hybridized carbons (Fsp3) is 0.125. The number of methoxy groups -OCH3 is 2. The Kier molecular flexibility index (Phi) is 5.18. The van der Waals surface area contributed by atoms with Gasteiger partial charge in [-0.15, -0.1) is 0 Å². The number of nitrogens with two attached hydrogens (primary N) is 1. The first-order valence-corrected chi connectivity index (χ1v) is 6.99. The van der Waals surface area contributed by atoms with Gasteiger partial charge in [-0.05, 0) is 12.1 Å². The van der Waals surface area contributed by atoms with Gasteiger partial charge in [-0.2, -0.15) is 0 Å². The fourth-order valence-electron chi connectivity index (χ4n) is 2.20. The van der Waals surface area contributed by atoms with Gasteiger partial charge in [0.25, 0.3) is 17.5 Å². The van der Waals surface area contributed by atoms with Crippen LogP contribution >= 0.6 is 0 Å². The van der Waals surface area contributed by atoms with Crippen LogP contribution in [-0.4, -0.2) is 31.0 Å². The van der Waals surface area contributed by atoms with Gasteiger partial charge >= 0.3 is 0 Å². The number of anilines is 1. The molecule has 0 aliphatic heterocycles. The highest BCUT2D eigenvalue weighted by Gasteiger charge is 2.25. The van der Waals surface area contributed by atoms with E-state index in [1.54, 1.807) is 12.1 Å². The lowest BCUT2D eigenvalue weighted by molar-refractivity contribution is -0.385. The molecule has 3 N–H and O–H groups in total. The number of carbonyl (C=O) groups excluding carboxylic acids is 2. The number of ether oxygens (including phenoxy) is 2. The number of hydrogen-bond acceptors (Lipinski definition) is 6. The fourth-order valence-corrected chi connectivity index (χ4v) is 2.20. The lowest BCUT2D eigenvalue weighted by Crippen LogP contribution is -2.19. The Hall–Kier alpha value is -3.62. The number of carbonyl (C=O) groups is 2. The van der Waals surface area contributed by atoms with Crippen LogP contribution in [0.2, 0.25) is 0 Å². The maximum absolute atomic E-state index is 12.5. The smallest absolute Gasteiger partial charge is 0.286 e. The molecule has 0 bridgehead atoms.